The van der Waals surface area contributed by atoms with Gasteiger partial charge in [-0.3, -0.25) is 0 Å². The second-order valence-corrected chi connectivity index (χ2v) is 6.01. The molecule has 3 N–H and O–H groups in total. The lowest BCUT2D eigenvalue weighted by molar-refractivity contribution is 0.0506. The van der Waals surface area contributed by atoms with Gasteiger partial charge in [0.1, 0.15) is 0 Å². The summed E-state index contributed by atoms with van der Waals surface area (Å²) in [6, 6.07) is 15.9. The fourth-order valence-electron chi connectivity index (χ4n) is 2.49. The van der Waals surface area contributed by atoms with E-state index in [1.807, 2.05) is 19.1 Å². The van der Waals surface area contributed by atoms with E-state index in [9.17, 15) is 4.79 Å². The molecule has 0 bridgehead atoms. The molecule has 24 heavy (non-hydrogen) atoms. The van der Waals surface area contributed by atoms with E-state index in [1.165, 1.54) is 5.56 Å². The molecular weight excluding hydrogens is 300 g/mol. The summed E-state index contributed by atoms with van der Waals surface area (Å²) in [4.78, 5) is 12.2. The number of nitrogens with two attached hydrogens (primary N) is 1. The van der Waals surface area contributed by atoms with Gasteiger partial charge in [-0.15, -0.1) is 0 Å². The highest BCUT2D eigenvalue weighted by atomic mass is 16.5. The number of hydrogen-bond donors (Lipinski definition) is 2. The Kier molecular flexibility index (Phi) is 6.67. The third-order valence-electron chi connectivity index (χ3n) is 3.81. The first kappa shape index (κ1) is 17.9. The number of nitrogen functional groups attached to an aromatic ring is 1. The van der Waals surface area contributed by atoms with Crippen molar-refractivity contribution in [3.05, 3.63) is 59.7 Å². The molecule has 0 aromatic heterocycles. The highest BCUT2D eigenvalue weighted by Gasteiger charge is 2.15. The van der Waals surface area contributed by atoms with Crippen molar-refractivity contribution >= 4 is 17.3 Å². The first-order valence-corrected chi connectivity index (χ1v) is 8.47. The number of nitrogens with one attached hydrogen (secondary N) is 1. The predicted octanol–water partition coefficient (Wildman–Crippen LogP) is 4.27. The van der Waals surface area contributed by atoms with Crippen LogP contribution in [-0.2, 0) is 11.2 Å². The summed E-state index contributed by atoms with van der Waals surface area (Å²) < 4.78 is 5.25. The largest absolute Gasteiger partial charge is 0.462 e. The molecule has 128 valence electrons. The summed E-state index contributed by atoms with van der Waals surface area (Å²) in [6.45, 7) is 4.49. The Morgan fingerprint density at radius 3 is 2.67 bits per heavy atom. The zero-order valence-electron chi connectivity index (χ0n) is 14.4. The molecule has 0 aliphatic rings. The average molecular weight is 326 g/mol. The summed E-state index contributed by atoms with van der Waals surface area (Å²) in [5.74, 6) is -0.332. The number of anilines is 2. The lowest BCUT2D eigenvalue weighted by atomic mass is 10.1. The van der Waals surface area contributed by atoms with E-state index in [-0.39, 0.29) is 12.0 Å². The van der Waals surface area contributed by atoms with Crippen molar-refractivity contribution < 1.29 is 9.53 Å². The molecule has 2 aromatic carbocycles. The minimum atomic E-state index is -0.332. The summed E-state index contributed by atoms with van der Waals surface area (Å²) in [5.41, 5.74) is 8.96. The normalized spacial score (nSPS) is 11.8. The van der Waals surface area contributed by atoms with Crippen LogP contribution in [0.5, 0.6) is 0 Å². The Morgan fingerprint density at radius 1 is 1.21 bits per heavy atom. The molecule has 1 atom stereocenters. The molecule has 0 aliphatic carbocycles. The van der Waals surface area contributed by atoms with Crippen molar-refractivity contribution in [2.75, 3.05) is 17.7 Å². The molecule has 0 fully saturated rings. The average Bonchev–Trinajstić information content (AvgIpc) is 2.60. The summed E-state index contributed by atoms with van der Waals surface area (Å²) >= 11 is 0. The molecule has 0 radical (unpaired) electrons. The quantitative estimate of drug-likeness (QED) is 0.562. The van der Waals surface area contributed by atoms with Crippen molar-refractivity contribution in [3.8, 4) is 0 Å². The molecule has 0 saturated carbocycles. The van der Waals surface area contributed by atoms with Gasteiger partial charge in [-0.05, 0) is 49.9 Å². The van der Waals surface area contributed by atoms with Gasteiger partial charge in [0.2, 0.25) is 0 Å². The number of benzene rings is 2. The van der Waals surface area contributed by atoms with Gasteiger partial charge in [0.05, 0.1) is 12.2 Å². The van der Waals surface area contributed by atoms with Gasteiger partial charge in [0.15, 0.2) is 0 Å². The Balaban J connectivity index is 2.01. The van der Waals surface area contributed by atoms with Gasteiger partial charge in [-0.2, -0.15) is 0 Å². The monoisotopic (exact) mass is 326 g/mol. The first-order chi connectivity index (χ1) is 11.6. The second kappa shape index (κ2) is 8.96. The van der Waals surface area contributed by atoms with Gasteiger partial charge in [0, 0.05) is 17.4 Å². The maximum Gasteiger partial charge on any atom is 0.340 e. The molecule has 0 aliphatic heterocycles. The fraction of sp³-hybridized carbons (Fsp3) is 0.350. The Hall–Kier alpha value is -2.49. The topological polar surface area (TPSA) is 64.3 Å². The van der Waals surface area contributed by atoms with Crippen molar-refractivity contribution in [1.82, 2.24) is 0 Å². The van der Waals surface area contributed by atoms with Gasteiger partial charge in [-0.25, -0.2) is 4.79 Å². The molecule has 0 spiro atoms. The Bertz CT molecular complexity index is 656. The highest BCUT2D eigenvalue weighted by molar-refractivity contribution is 5.96. The van der Waals surface area contributed by atoms with E-state index in [2.05, 4.69) is 36.5 Å². The summed E-state index contributed by atoms with van der Waals surface area (Å²) in [7, 11) is 0. The van der Waals surface area contributed by atoms with Crippen LogP contribution in [0.2, 0.25) is 0 Å². The van der Waals surface area contributed by atoms with Crippen molar-refractivity contribution in [2.24, 2.45) is 0 Å². The van der Waals surface area contributed by atoms with Crippen LogP contribution in [0.3, 0.4) is 0 Å². The number of carbonyl (C=O) groups is 1. The SMILES string of the molecule is CCCOC(=O)c1cc(N)ccc1N[C@H](C)CCc1ccccc1. The second-order valence-electron chi connectivity index (χ2n) is 6.01. The van der Waals surface area contributed by atoms with E-state index in [0.29, 0.717) is 17.9 Å². The molecule has 2 aromatic rings. The van der Waals surface area contributed by atoms with Crippen LogP contribution < -0.4 is 11.1 Å². The van der Waals surface area contributed by atoms with Gasteiger partial charge in [0.25, 0.3) is 0 Å². The standard InChI is InChI=1S/C20H26N2O2/c1-3-13-24-20(23)18-14-17(21)11-12-19(18)22-15(2)9-10-16-7-5-4-6-8-16/h4-8,11-12,14-15,22H,3,9-10,13,21H2,1-2H3/t15-/m1/s1. The number of ether oxygens (including phenoxy) is 1. The number of rotatable bonds is 8. The fourth-order valence-corrected chi connectivity index (χ4v) is 2.49. The number of aryl methyl sites for hydroxylation is 1. The van der Waals surface area contributed by atoms with E-state index in [4.69, 9.17) is 10.5 Å². The first-order valence-electron chi connectivity index (χ1n) is 8.47. The van der Waals surface area contributed by atoms with Crippen molar-refractivity contribution in [2.45, 2.75) is 39.2 Å². The minimum Gasteiger partial charge on any atom is -0.462 e. The number of hydrogen-bond acceptors (Lipinski definition) is 4. The molecule has 0 amide bonds. The zero-order chi connectivity index (χ0) is 17.4. The molecular formula is C20H26N2O2. The van der Waals surface area contributed by atoms with Gasteiger partial charge < -0.3 is 15.8 Å². The Morgan fingerprint density at radius 2 is 1.96 bits per heavy atom. The smallest absolute Gasteiger partial charge is 0.340 e. The highest BCUT2D eigenvalue weighted by Crippen LogP contribution is 2.22. The molecule has 0 saturated heterocycles. The molecule has 0 heterocycles. The van der Waals surface area contributed by atoms with Crippen molar-refractivity contribution in [1.29, 1.82) is 0 Å². The van der Waals surface area contributed by atoms with Gasteiger partial charge in [-0.1, -0.05) is 37.3 Å². The summed E-state index contributed by atoms with van der Waals surface area (Å²) in [5, 5.41) is 3.41. The van der Waals surface area contributed by atoms with E-state index < -0.39 is 0 Å². The molecule has 4 nitrogen and oxygen atoms in total. The van der Waals surface area contributed by atoms with E-state index in [0.717, 1.165) is 24.9 Å². The zero-order valence-corrected chi connectivity index (χ0v) is 14.4. The van der Waals surface area contributed by atoms with Crippen LogP contribution in [0.1, 0.15) is 42.6 Å². The van der Waals surface area contributed by atoms with Crippen LogP contribution in [-0.4, -0.2) is 18.6 Å². The maximum atomic E-state index is 12.2. The van der Waals surface area contributed by atoms with Crippen molar-refractivity contribution in [3.63, 3.8) is 0 Å². The van der Waals surface area contributed by atoms with E-state index in [1.54, 1.807) is 12.1 Å². The third-order valence-corrected chi connectivity index (χ3v) is 3.81. The maximum absolute atomic E-state index is 12.2. The van der Waals surface area contributed by atoms with Crippen LogP contribution in [0.4, 0.5) is 11.4 Å². The predicted molar refractivity (Wildman–Crippen MR) is 99.3 cm³/mol. The lowest BCUT2D eigenvalue weighted by Gasteiger charge is -2.18. The van der Waals surface area contributed by atoms with E-state index >= 15 is 0 Å². The van der Waals surface area contributed by atoms with Crippen LogP contribution in [0.15, 0.2) is 48.5 Å². The molecule has 4 heteroatoms. The van der Waals surface area contributed by atoms with Crippen LogP contribution in [0.25, 0.3) is 0 Å². The Labute approximate surface area is 144 Å². The lowest BCUT2D eigenvalue weighted by Crippen LogP contribution is -2.19. The number of esters is 1. The van der Waals surface area contributed by atoms with Gasteiger partial charge >= 0.3 is 5.97 Å². The van der Waals surface area contributed by atoms with Crippen LogP contribution >= 0.6 is 0 Å². The van der Waals surface area contributed by atoms with Crippen LogP contribution in [0, 0.1) is 0 Å². The number of carbonyl (C=O) groups excluding carboxylic acids is 1. The third kappa shape index (κ3) is 5.30. The molecule has 2 rings (SSSR count). The minimum absolute atomic E-state index is 0.228. The molecule has 0 unspecified atom stereocenters. The summed E-state index contributed by atoms with van der Waals surface area (Å²) in [6.07, 6.45) is 2.75.